The molecule has 0 unspecified atom stereocenters. The van der Waals surface area contributed by atoms with Crippen molar-refractivity contribution in [3.8, 4) is 11.3 Å². The van der Waals surface area contributed by atoms with E-state index >= 15 is 0 Å². The molecule has 1 aliphatic rings. The van der Waals surface area contributed by atoms with Crippen molar-refractivity contribution in [3.63, 3.8) is 0 Å². The van der Waals surface area contributed by atoms with Crippen LogP contribution in [0.15, 0.2) is 34.9 Å². The van der Waals surface area contributed by atoms with Crippen molar-refractivity contribution in [3.05, 3.63) is 41.6 Å². The Balaban J connectivity index is 1.71. The number of aromatic nitrogens is 1. The predicted octanol–water partition coefficient (Wildman–Crippen LogP) is 5.65. The summed E-state index contributed by atoms with van der Waals surface area (Å²) in [6.07, 6.45) is 8.53. The van der Waals surface area contributed by atoms with Gasteiger partial charge >= 0.3 is 0 Å². The first-order valence-corrected chi connectivity index (χ1v) is 10.1. The number of hydrogen-bond acceptors (Lipinski definition) is 3. The highest BCUT2D eigenvalue weighted by Crippen LogP contribution is 2.33. The highest BCUT2D eigenvalue weighted by Gasteiger charge is 2.20. The van der Waals surface area contributed by atoms with Crippen LogP contribution in [0.5, 0.6) is 0 Å². The van der Waals surface area contributed by atoms with E-state index in [4.69, 9.17) is 4.52 Å². The number of nitrogens with zero attached hydrogens (tertiary/aromatic N) is 2. The maximum absolute atomic E-state index is 12.6. The van der Waals surface area contributed by atoms with Crippen molar-refractivity contribution >= 4 is 5.91 Å². The third-order valence-electron chi connectivity index (χ3n) is 5.28. The molecule has 26 heavy (non-hydrogen) atoms. The third-order valence-corrected chi connectivity index (χ3v) is 5.28. The fourth-order valence-electron chi connectivity index (χ4n) is 3.88. The van der Waals surface area contributed by atoms with Gasteiger partial charge in [0.05, 0.1) is 0 Å². The number of hydrogen-bond donors (Lipinski definition) is 0. The van der Waals surface area contributed by atoms with Gasteiger partial charge in [0.2, 0.25) is 0 Å². The molecule has 4 nitrogen and oxygen atoms in total. The molecule has 0 aliphatic heterocycles. The van der Waals surface area contributed by atoms with Gasteiger partial charge in [-0.15, -0.1) is 0 Å². The van der Waals surface area contributed by atoms with E-state index in [0.29, 0.717) is 17.4 Å². The summed E-state index contributed by atoms with van der Waals surface area (Å²) in [6, 6.07) is 10.4. The zero-order chi connectivity index (χ0) is 18.4. The highest BCUT2D eigenvalue weighted by molar-refractivity contribution is 5.93. The topological polar surface area (TPSA) is 46.3 Å². The quantitative estimate of drug-likeness (QED) is 0.645. The lowest BCUT2D eigenvalue weighted by Crippen LogP contribution is -2.32. The first-order chi connectivity index (χ1) is 12.7. The second-order valence-electron chi connectivity index (χ2n) is 7.33. The Morgan fingerprint density at radius 1 is 1.08 bits per heavy atom. The van der Waals surface area contributed by atoms with Gasteiger partial charge in [0.15, 0.2) is 11.5 Å². The Hall–Kier alpha value is -2.10. The normalized spacial score (nSPS) is 15.2. The van der Waals surface area contributed by atoms with Gasteiger partial charge < -0.3 is 9.42 Å². The van der Waals surface area contributed by atoms with Crippen LogP contribution in [0.1, 0.15) is 80.8 Å². The third kappa shape index (κ3) is 4.35. The Kier molecular flexibility index (Phi) is 6.48. The molecule has 1 aliphatic carbocycles. The zero-order valence-electron chi connectivity index (χ0n) is 16.0. The molecule has 2 aromatic rings. The van der Waals surface area contributed by atoms with Crippen molar-refractivity contribution in [2.45, 2.75) is 64.7 Å². The van der Waals surface area contributed by atoms with E-state index in [1.165, 1.54) is 37.7 Å². The molecule has 140 valence electrons. The minimum absolute atomic E-state index is 0.0393. The minimum atomic E-state index is -0.0393. The lowest BCUT2D eigenvalue weighted by atomic mass is 9.84. The molecule has 0 bridgehead atoms. The Morgan fingerprint density at radius 2 is 1.73 bits per heavy atom. The minimum Gasteiger partial charge on any atom is -0.355 e. The van der Waals surface area contributed by atoms with E-state index in [1.54, 1.807) is 6.07 Å². The lowest BCUT2D eigenvalue weighted by molar-refractivity contribution is 0.0745. The van der Waals surface area contributed by atoms with Crippen molar-refractivity contribution in [1.29, 1.82) is 0 Å². The smallest absolute Gasteiger partial charge is 0.276 e. The predicted molar refractivity (Wildman–Crippen MR) is 104 cm³/mol. The Morgan fingerprint density at radius 3 is 2.35 bits per heavy atom. The summed E-state index contributed by atoms with van der Waals surface area (Å²) in [5.74, 6) is 1.32. The van der Waals surface area contributed by atoms with E-state index < -0.39 is 0 Å². The number of carbonyl (C=O) groups is 1. The highest BCUT2D eigenvalue weighted by atomic mass is 16.5. The van der Waals surface area contributed by atoms with E-state index in [1.807, 2.05) is 4.90 Å². The molecule has 1 amide bonds. The van der Waals surface area contributed by atoms with E-state index in [0.717, 1.165) is 31.5 Å². The standard InChI is InChI=1S/C22H30N2O2/c1-3-14-24(15-4-2)22(25)20-16-21(26-23-20)19-12-10-18(11-13-19)17-8-6-5-7-9-17/h10-13,16-17H,3-9,14-15H2,1-2H3. The summed E-state index contributed by atoms with van der Waals surface area (Å²) >= 11 is 0. The van der Waals surface area contributed by atoms with Gasteiger partial charge in [-0.3, -0.25) is 4.79 Å². The van der Waals surface area contributed by atoms with Gasteiger partial charge in [-0.1, -0.05) is 62.5 Å². The summed E-state index contributed by atoms with van der Waals surface area (Å²) in [5, 5.41) is 4.02. The molecular formula is C22H30N2O2. The first-order valence-electron chi connectivity index (χ1n) is 10.1. The largest absolute Gasteiger partial charge is 0.355 e. The summed E-state index contributed by atoms with van der Waals surface area (Å²) in [6.45, 7) is 5.67. The van der Waals surface area contributed by atoms with Crippen LogP contribution >= 0.6 is 0 Å². The van der Waals surface area contributed by atoms with Crippen LogP contribution in [0.2, 0.25) is 0 Å². The van der Waals surface area contributed by atoms with Crippen LogP contribution in [-0.2, 0) is 0 Å². The summed E-state index contributed by atoms with van der Waals surface area (Å²) in [4.78, 5) is 14.5. The maximum atomic E-state index is 12.6. The average Bonchev–Trinajstić information content (AvgIpc) is 3.18. The molecule has 4 heteroatoms. The molecule has 1 saturated carbocycles. The van der Waals surface area contributed by atoms with Gasteiger partial charge in [0.1, 0.15) is 0 Å². The molecule has 1 aromatic heterocycles. The Labute approximate surface area is 156 Å². The summed E-state index contributed by atoms with van der Waals surface area (Å²) < 4.78 is 5.47. The molecule has 0 atom stereocenters. The molecule has 3 rings (SSSR count). The van der Waals surface area contributed by atoms with Crippen molar-refractivity contribution in [2.24, 2.45) is 0 Å². The first kappa shape index (κ1) is 18.7. The zero-order valence-corrected chi connectivity index (χ0v) is 16.0. The summed E-state index contributed by atoms with van der Waals surface area (Å²) in [7, 11) is 0. The molecule has 0 spiro atoms. The van der Waals surface area contributed by atoms with Crippen LogP contribution in [0.25, 0.3) is 11.3 Å². The Bertz CT molecular complexity index is 693. The monoisotopic (exact) mass is 354 g/mol. The molecule has 1 heterocycles. The molecule has 0 N–H and O–H groups in total. The van der Waals surface area contributed by atoms with E-state index in [9.17, 15) is 4.79 Å². The average molecular weight is 354 g/mol. The van der Waals surface area contributed by atoms with E-state index in [2.05, 4.69) is 43.3 Å². The SMILES string of the molecule is CCCN(CCC)C(=O)c1cc(-c2ccc(C3CCCCC3)cc2)on1. The fourth-order valence-corrected chi connectivity index (χ4v) is 3.88. The van der Waals surface area contributed by atoms with Gasteiger partial charge in [-0.25, -0.2) is 0 Å². The molecular weight excluding hydrogens is 324 g/mol. The second kappa shape index (κ2) is 9.02. The number of rotatable bonds is 7. The van der Waals surface area contributed by atoms with Crippen LogP contribution in [0.4, 0.5) is 0 Å². The van der Waals surface area contributed by atoms with Gasteiger partial charge in [-0.05, 0) is 37.2 Å². The van der Waals surface area contributed by atoms with Gasteiger partial charge in [-0.2, -0.15) is 0 Å². The number of carbonyl (C=O) groups excluding carboxylic acids is 1. The summed E-state index contributed by atoms with van der Waals surface area (Å²) in [5.41, 5.74) is 2.80. The van der Waals surface area contributed by atoms with Gasteiger partial charge in [0, 0.05) is 24.7 Å². The number of benzene rings is 1. The van der Waals surface area contributed by atoms with E-state index in [-0.39, 0.29) is 5.91 Å². The van der Waals surface area contributed by atoms with Crippen molar-refractivity contribution in [1.82, 2.24) is 10.1 Å². The molecule has 1 aromatic carbocycles. The number of amides is 1. The van der Waals surface area contributed by atoms with Crippen LogP contribution in [-0.4, -0.2) is 29.1 Å². The fraction of sp³-hybridized carbons (Fsp3) is 0.545. The molecule has 1 fully saturated rings. The van der Waals surface area contributed by atoms with Crippen LogP contribution in [0, 0.1) is 0 Å². The molecule has 0 radical (unpaired) electrons. The van der Waals surface area contributed by atoms with Crippen LogP contribution in [0.3, 0.4) is 0 Å². The van der Waals surface area contributed by atoms with Crippen molar-refractivity contribution < 1.29 is 9.32 Å². The lowest BCUT2D eigenvalue weighted by Gasteiger charge is -2.21. The maximum Gasteiger partial charge on any atom is 0.276 e. The van der Waals surface area contributed by atoms with Gasteiger partial charge in [0.25, 0.3) is 5.91 Å². The van der Waals surface area contributed by atoms with Crippen molar-refractivity contribution in [2.75, 3.05) is 13.1 Å². The van der Waals surface area contributed by atoms with Crippen LogP contribution < -0.4 is 0 Å². The molecule has 0 saturated heterocycles. The second-order valence-corrected chi connectivity index (χ2v) is 7.33.